The summed E-state index contributed by atoms with van der Waals surface area (Å²) in [6.45, 7) is 9.85. The summed E-state index contributed by atoms with van der Waals surface area (Å²) >= 11 is 0. The molecule has 15 heavy (non-hydrogen) atoms. The van der Waals surface area contributed by atoms with Crippen molar-refractivity contribution in [2.75, 3.05) is 7.11 Å². The Hall–Kier alpha value is -1.05. The summed E-state index contributed by atoms with van der Waals surface area (Å²) in [5, 5.41) is 0. The average molecular weight is 210 g/mol. The van der Waals surface area contributed by atoms with Crippen LogP contribution in [-0.2, 0) is 5.41 Å². The molecule has 0 heterocycles. The number of hydrogen-bond acceptors (Lipinski definition) is 1. The number of hydrogen-bond donors (Lipinski definition) is 0. The molecule has 2 heteroatoms. The lowest BCUT2D eigenvalue weighted by Crippen LogP contribution is -2.14. The lowest BCUT2D eigenvalue weighted by Gasteiger charge is -2.24. The van der Waals surface area contributed by atoms with Gasteiger partial charge in [-0.3, -0.25) is 0 Å². The van der Waals surface area contributed by atoms with Crippen LogP contribution in [-0.4, -0.2) is 7.11 Å². The Labute approximate surface area is 91.3 Å². The van der Waals surface area contributed by atoms with Gasteiger partial charge in [0.1, 0.15) is 11.6 Å². The van der Waals surface area contributed by atoms with E-state index in [0.29, 0.717) is 16.9 Å². The van der Waals surface area contributed by atoms with Crippen LogP contribution in [0.25, 0.3) is 0 Å². The van der Waals surface area contributed by atoms with Crippen LogP contribution < -0.4 is 4.74 Å². The Morgan fingerprint density at radius 1 is 1.20 bits per heavy atom. The van der Waals surface area contributed by atoms with E-state index in [2.05, 4.69) is 20.8 Å². The molecule has 0 aliphatic rings. The molecule has 0 saturated heterocycles. The summed E-state index contributed by atoms with van der Waals surface area (Å²) in [6.07, 6.45) is 0. The molecule has 1 rings (SSSR count). The van der Waals surface area contributed by atoms with Gasteiger partial charge in [0.2, 0.25) is 0 Å². The van der Waals surface area contributed by atoms with Gasteiger partial charge in [0.15, 0.2) is 0 Å². The molecule has 0 saturated carbocycles. The number of ether oxygens (including phenoxy) is 1. The minimum absolute atomic E-state index is 0.0332. The molecule has 0 bridgehead atoms. The first kappa shape index (κ1) is 12.0. The third kappa shape index (κ3) is 2.14. The fraction of sp³-hybridized carbons (Fsp3) is 0.538. The van der Waals surface area contributed by atoms with Crippen LogP contribution in [0.4, 0.5) is 4.39 Å². The van der Waals surface area contributed by atoms with Gasteiger partial charge in [-0.2, -0.15) is 0 Å². The fourth-order valence-corrected chi connectivity index (χ4v) is 1.76. The molecule has 0 fully saturated rings. The summed E-state index contributed by atoms with van der Waals surface area (Å²) in [7, 11) is 1.59. The lowest BCUT2D eigenvalue weighted by molar-refractivity contribution is 0.389. The van der Waals surface area contributed by atoms with Crippen LogP contribution in [0.1, 0.15) is 37.5 Å². The zero-order valence-corrected chi connectivity index (χ0v) is 10.4. The highest BCUT2D eigenvalue weighted by Gasteiger charge is 2.22. The number of methoxy groups -OCH3 is 1. The Morgan fingerprint density at radius 3 is 2.13 bits per heavy atom. The Morgan fingerprint density at radius 2 is 1.73 bits per heavy atom. The predicted molar refractivity (Wildman–Crippen MR) is 61.1 cm³/mol. The van der Waals surface area contributed by atoms with Crippen LogP contribution in [0.5, 0.6) is 5.75 Å². The van der Waals surface area contributed by atoms with Crippen LogP contribution >= 0.6 is 0 Å². The second kappa shape index (κ2) is 3.84. The van der Waals surface area contributed by atoms with Crippen molar-refractivity contribution < 1.29 is 9.13 Å². The molecule has 1 nitrogen and oxygen atoms in total. The van der Waals surface area contributed by atoms with Gasteiger partial charge in [-0.1, -0.05) is 20.8 Å². The van der Waals surface area contributed by atoms with Crippen molar-refractivity contribution in [2.24, 2.45) is 0 Å². The van der Waals surface area contributed by atoms with Gasteiger partial charge in [-0.05, 0) is 30.9 Å². The molecule has 0 amide bonds. The summed E-state index contributed by atoms with van der Waals surface area (Å²) in [5.41, 5.74) is 2.30. The molecule has 0 spiro atoms. The summed E-state index contributed by atoms with van der Waals surface area (Å²) < 4.78 is 19.0. The summed E-state index contributed by atoms with van der Waals surface area (Å²) in [5.74, 6) is 0.505. The standard InChI is InChI=1S/C13H19FO/c1-8-7-10(13(3,4)5)12(15-6)9(2)11(8)14/h7H,1-6H3. The first-order valence-corrected chi connectivity index (χ1v) is 5.13. The van der Waals surface area contributed by atoms with Gasteiger partial charge in [0.25, 0.3) is 0 Å². The highest BCUT2D eigenvalue weighted by atomic mass is 19.1. The van der Waals surface area contributed by atoms with E-state index < -0.39 is 0 Å². The Kier molecular flexibility index (Phi) is 3.08. The van der Waals surface area contributed by atoms with E-state index in [4.69, 9.17) is 4.74 Å². The SMILES string of the molecule is COc1c(C(C)(C)C)cc(C)c(F)c1C. The van der Waals surface area contributed by atoms with Gasteiger partial charge in [0.05, 0.1) is 7.11 Å². The van der Waals surface area contributed by atoms with Gasteiger partial charge in [-0.25, -0.2) is 4.39 Å². The highest BCUT2D eigenvalue weighted by Crippen LogP contribution is 2.36. The zero-order valence-electron chi connectivity index (χ0n) is 10.4. The Balaban J connectivity index is 3.53. The van der Waals surface area contributed by atoms with E-state index in [9.17, 15) is 4.39 Å². The fourth-order valence-electron chi connectivity index (χ4n) is 1.76. The van der Waals surface area contributed by atoms with Crippen molar-refractivity contribution in [2.45, 2.75) is 40.0 Å². The smallest absolute Gasteiger partial charge is 0.132 e. The topological polar surface area (TPSA) is 9.23 Å². The van der Waals surface area contributed by atoms with Crippen LogP contribution in [0.2, 0.25) is 0 Å². The monoisotopic (exact) mass is 210 g/mol. The number of benzene rings is 1. The minimum Gasteiger partial charge on any atom is -0.496 e. The molecule has 0 radical (unpaired) electrons. The summed E-state index contributed by atoms with van der Waals surface area (Å²) in [4.78, 5) is 0. The molecule has 0 N–H and O–H groups in total. The van der Waals surface area contributed by atoms with Crippen LogP contribution in [0, 0.1) is 19.7 Å². The molecule has 0 aliphatic carbocycles. The second-order valence-corrected chi connectivity index (χ2v) is 4.96. The van der Waals surface area contributed by atoms with Crippen LogP contribution in [0.3, 0.4) is 0 Å². The quantitative estimate of drug-likeness (QED) is 0.686. The molecule has 0 aromatic heterocycles. The van der Waals surface area contributed by atoms with Gasteiger partial charge < -0.3 is 4.74 Å². The van der Waals surface area contributed by atoms with Crippen molar-refractivity contribution in [3.05, 3.63) is 28.6 Å². The van der Waals surface area contributed by atoms with Gasteiger partial charge in [-0.15, -0.1) is 0 Å². The van der Waals surface area contributed by atoms with Crippen LogP contribution in [0.15, 0.2) is 6.07 Å². The molecule has 0 aliphatic heterocycles. The van der Waals surface area contributed by atoms with E-state index in [0.717, 1.165) is 5.56 Å². The maximum atomic E-state index is 13.7. The van der Waals surface area contributed by atoms with E-state index in [1.54, 1.807) is 21.0 Å². The second-order valence-electron chi connectivity index (χ2n) is 4.96. The first-order valence-electron chi connectivity index (χ1n) is 5.13. The number of halogens is 1. The van der Waals surface area contributed by atoms with E-state index in [-0.39, 0.29) is 11.2 Å². The Bertz CT molecular complexity index is 375. The normalized spacial score (nSPS) is 11.7. The van der Waals surface area contributed by atoms with Crippen molar-refractivity contribution in [1.29, 1.82) is 0 Å². The maximum absolute atomic E-state index is 13.7. The predicted octanol–water partition coefficient (Wildman–Crippen LogP) is 3.75. The zero-order chi connectivity index (χ0) is 11.8. The molecular formula is C13H19FO. The largest absolute Gasteiger partial charge is 0.496 e. The molecule has 0 atom stereocenters. The first-order chi connectivity index (χ1) is 6.79. The number of aryl methyl sites for hydroxylation is 1. The molecule has 1 aromatic rings. The van der Waals surface area contributed by atoms with E-state index in [1.165, 1.54) is 0 Å². The number of rotatable bonds is 1. The molecule has 84 valence electrons. The lowest BCUT2D eigenvalue weighted by atomic mass is 9.84. The van der Waals surface area contributed by atoms with Crippen molar-refractivity contribution in [1.82, 2.24) is 0 Å². The highest BCUT2D eigenvalue weighted by molar-refractivity contribution is 5.48. The van der Waals surface area contributed by atoms with Gasteiger partial charge in [0, 0.05) is 11.1 Å². The van der Waals surface area contributed by atoms with Crippen molar-refractivity contribution in [3.63, 3.8) is 0 Å². The molecule has 1 aromatic carbocycles. The third-order valence-corrected chi connectivity index (χ3v) is 2.63. The third-order valence-electron chi connectivity index (χ3n) is 2.63. The average Bonchev–Trinajstić information content (AvgIpc) is 2.12. The molecule has 0 unspecified atom stereocenters. The van der Waals surface area contributed by atoms with Crippen molar-refractivity contribution in [3.8, 4) is 5.75 Å². The van der Waals surface area contributed by atoms with Crippen molar-refractivity contribution >= 4 is 0 Å². The molecular weight excluding hydrogens is 191 g/mol. The van der Waals surface area contributed by atoms with E-state index >= 15 is 0 Å². The van der Waals surface area contributed by atoms with E-state index in [1.807, 2.05) is 6.07 Å². The van der Waals surface area contributed by atoms with Gasteiger partial charge >= 0.3 is 0 Å². The summed E-state index contributed by atoms with van der Waals surface area (Å²) in [6, 6.07) is 1.88. The minimum atomic E-state index is -0.167. The maximum Gasteiger partial charge on any atom is 0.132 e.